The van der Waals surface area contributed by atoms with Crippen LogP contribution in [0, 0.1) is 0 Å². The highest BCUT2D eigenvalue weighted by Crippen LogP contribution is 2.30. The number of aromatic nitrogens is 2. The van der Waals surface area contributed by atoms with Crippen molar-refractivity contribution in [3.8, 4) is 0 Å². The van der Waals surface area contributed by atoms with Gasteiger partial charge >= 0.3 is 0 Å². The van der Waals surface area contributed by atoms with Gasteiger partial charge in [0.05, 0.1) is 6.20 Å². The van der Waals surface area contributed by atoms with Gasteiger partial charge in [-0.25, -0.2) is 0 Å². The van der Waals surface area contributed by atoms with Gasteiger partial charge in [0.25, 0.3) is 0 Å². The van der Waals surface area contributed by atoms with E-state index < -0.39 is 0 Å². The Hall–Kier alpha value is -0.870. The van der Waals surface area contributed by atoms with Gasteiger partial charge in [-0.2, -0.15) is 5.10 Å². The first-order valence-electron chi connectivity index (χ1n) is 8.77. The summed E-state index contributed by atoms with van der Waals surface area (Å²) in [6, 6.07) is 1.23. The second-order valence-corrected chi connectivity index (χ2v) is 6.75. The standard InChI is InChI=1S/C17H30N4/c1-3-4-10-21-11-8-14(9-12-21)19-16-6-5-7-17-15(16)13-18-20(17)2/h13-14,16,19H,3-12H2,1-2H3. The number of nitrogens with one attached hydrogen (secondary N) is 1. The minimum atomic E-state index is 0.537. The van der Waals surface area contributed by atoms with Crippen molar-refractivity contribution in [1.82, 2.24) is 20.0 Å². The molecular weight excluding hydrogens is 260 g/mol. The molecule has 0 spiro atoms. The molecule has 0 saturated carbocycles. The van der Waals surface area contributed by atoms with Crippen molar-refractivity contribution < 1.29 is 0 Å². The zero-order valence-electron chi connectivity index (χ0n) is 13.6. The Bertz CT molecular complexity index is 446. The molecule has 21 heavy (non-hydrogen) atoms. The van der Waals surface area contributed by atoms with Crippen molar-refractivity contribution in [2.45, 2.75) is 64.0 Å². The minimum absolute atomic E-state index is 0.537. The first kappa shape index (κ1) is 15.0. The Morgan fingerprint density at radius 3 is 2.86 bits per heavy atom. The van der Waals surface area contributed by atoms with E-state index in [4.69, 9.17) is 0 Å². The molecule has 1 atom stereocenters. The third kappa shape index (κ3) is 3.49. The number of unbranched alkanes of at least 4 members (excludes halogenated alkanes) is 1. The van der Waals surface area contributed by atoms with E-state index in [1.165, 1.54) is 75.8 Å². The fourth-order valence-corrected chi connectivity index (χ4v) is 3.87. The van der Waals surface area contributed by atoms with Gasteiger partial charge in [0, 0.05) is 30.4 Å². The van der Waals surface area contributed by atoms with Gasteiger partial charge in [0.2, 0.25) is 0 Å². The lowest BCUT2D eigenvalue weighted by Crippen LogP contribution is -2.44. The summed E-state index contributed by atoms with van der Waals surface area (Å²) < 4.78 is 2.07. The van der Waals surface area contributed by atoms with Gasteiger partial charge in [-0.3, -0.25) is 4.68 Å². The van der Waals surface area contributed by atoms with Crippen LogP contribution in [0.15, 0.2) is 6.20 Å². The predicted octanol–water partition coefficient (Wildman–Crippen LogP) is 2.65. The van der Waals surface area contributed by atoms with Crippen molar-refractivity contribution in [3.05, 3.63) is 17.5 Å². The molecule has 2 heterocycles. The molecular formula is C17H30N4. The van der Waals surface area contributed by atoms with Gasteiger partial charge < -0.3 is 10.2 Å². The number of likely N-dealkylation sites (tertiary alicyclic amines) is 1. The Morgan fingerprint density at radius 2 is 2.10 bits per heavy atom. The molecule has 4 nitrogen and oxygen atoms in total. The predicted molar refractivity (Wildman–Crippen MR) is 86.4 cm³/mol. The third-order valence-electron chi connectivity index (χ3n) is 5.23. The van der Waals surface area contributed by atoms with Crippen LogP contribution in [0.25, 0.3) is 0 Å². The number of hydrogen-bond acceptors (Lipinski definition) is 3. The van der Waals surface area contributed by atoms with Gasteiger partial charge in [0.1, 0.15) is 0 Å². The molecule has 1 N–H and O–H groups in total. The first-order valence-corrected chi connectivity index (χ1v) is 8.77. The molecule has 1 unspecified atom stereocenters. The summed E-state index contributed by atoms with van der Waals surface area (Å²) in [5.41, 5.74) is 2.90. The van der Waals surface area contributed by atoms with E-state index in [2.05, 4.69) is 40.2 Å². The molecule has 1 aliphatic carbocycles. The molecule has 3 rings (SSSR count). The molecule has 1 aromatic heterocycles. The number of fused-ring (bicyclic) bond motifs is 1. The molecule has 4 heteroatoms. The van der Waals surface area contributed by atoms with Crippen molar-refractivity contribution >= 4 is 0 Å². The quantitative estimate of drug-likeness (QED) is 0.905. The lowest BCUT2D eigenvalue weighted by atomic mass is 9.91. The second-order valence-electron chi connectivity index (χ2n) is 6.75. The van der Waals surface area contributed by atoms with Crippen LogP contribution in [0.3, 0.4) is 0 Å². The third-order valence-corrected chi connectivity index (χ3v) is 5.23. The van der Waals surface area contributed by atoms with Crippen LogP contribution < -0.4 is 5.32 Å². The highest BCUT2D eigenvalue weighted by Gasteiger charge is 2.27. The van der Waals surface area contributed by atoms with Crippen molar-refractivity contribution in [2.24, 2.45) is 7.05 Å². The molecule has 0 amide bonds. The van der Waals surface area contributed by atoms with E-state index in [0.29, 0.717) is 12.1 Å². The molecule has 1 aromatic rings. The zero-order valence-corrected chi connectivity index (χ0v) is 13.6. The molecule has 1 aliphatic heterocycles. The van der Waals surface area contributed by atoms with E-state index in [0.717, 1.165) is 0 Å². The van der Waals surface area contributed by atoms with E-state index >= 15 is 0 Å². The molecule has 0 radical (unpaired) electrons. The monoisotopic (exact) mass is 290 g/mol. The molecule has 0 bridgehead atoms. The lowest BCUT2D eigenvalue weighted by Gasteiger charge is -2.35. The van der Waals surface area contributed by atoms with Crippen LogP contribution in [0.4, 0.5) is 0 Å². The van der Waals surface area contributed by atoms with E-state index in [1.54, 1.807) is 0 Å². The number of hydrogen-bond donors (Lipinski definition) is 1. The minimum Gasteiger partial charge on any atom is -0.307 e. The lowest BCUT2D eigenvalue weighted by molar-refractivity contribution is 0.186. The van der Waals surface area contributed by atoms with Crippen LogP contribution in [0.5, 0.6) is 0 Å². The van der Waals surface area contributed by atoms with E-state index in [1.807, 2.05) is 0 Å². The second kappa shape index (κ2) is 6.93. The normalized spacial score (nSPS) is 24.2. The Labute approximate surface area is 128 Å². The van der Waals surface area contributed by atoms with Gasteiger partial charge in [-0.1, -0.05) is 13.3 Å². The zero-order chi connectivity index (χ0) is 14.7. The van der Waals surface area contributed by atoms with Crippen molar-refractivity contribution in [2.75, 3.05) is 19.6 Å². The number of nitrogens with zero attached hydrogens (tertiary/aromatic N) is 3. The maximum absolute atomic E-state index is 4.46. The number of piperidine rings is 1. The summed E-state index contributed by atoms with van der Waals surface area (Å²) in [6.07, 6.45) is 11.1. The van der Waals surface area contributed by atoms with E-state index in [-0.39, 0.29) is 0 Å². The van der Waals surface area contributed by atoms with Crippen LogP contribution in [-0.4, -0.2) is 40.4 Å². The fraction of sp³-hybridized carbons (Fsp3) is 0.824. The topological polar surface area (TPSA) is 33.1 Å². The van der Waals surface area contributed by atoms with Crippen molar-refractivity contribution in [1.29, 1.82) is 0 Å². The number of aryl methyl sites for hydroxylation is 1. The Kier molecular flexibility index (Phi) is 4.96. The summed E-state index contributed by atoms with van der Waals surface area (Å²) in [7, 11) is 2.08. The maximum Gasteiger partial charge on any atom is 0.0540 e. The molecule has 1 saturated heterocycles. The smallest absolute Gasteiger partial charge is 0.0540 e. The van der Waals surface area contributed by atoms with Gasteiger partial charge in [0.15, 0.2) is 0 Å². The summed E-state index contributed by atoms with van der Waals surface area (Å²) in [4.78, 5) is 2.64. The summed E-state index contributed by atoms with van der Waals surface area (Å²) in [5.74, 6) is 0. The molecule has 0 aromatic carbocycles. The molecule has 1 fully saturated rings. The highest BCUT2D eigenvalue weighted by atomic mass is 15.3. The maximum atomic E-state index is 4.46. The van der Waals surface area contributed by atoms with Crippen LogP contribution in [-0.2, 0) is 13.5 Å². The van der Waals surface area contributed by atoms with Crippen LogP contribution >= 0.6 is 0 Å². The SMILES string of the molecule is CCCCN1CCC(NC2CCCc3c2cnn3C)CC1. The number of rotatable bonds is 5. The largest absolute Gasteiger partial charge is 0.307 e. The van der Waals surface area contributed by atoms with Crippen LogP contribution in [0.1, 0.15) is 62.7 Å². The van der Waals surface area contributed by atoms with Crippen LogP contribution in [0.2, 0.25) is 0 Å². The summed E-state index contributed by atoms with van der Waals surface area (Å²) in [6.45, 7) is 6.11. The molecule has 118 valence electrons. The van der Waals surface area contributed by atoms with E-state index in [9.17, 15) is 0 Å². The molecule has 2 aliphatic rings. The Morgan fingerprint density at radius 1 is 1.29 bits per heavy atom. The summed E-state index contributed by atoms with van der Waals surface area (Å²) in [5, 5.41) is 8.38. The Balaban J connectivity index is 1.52. The highest BCUT2D eigenvalue weighted by molar-refractivity contribution is 5.24. The van der Waals surface area contributed by atoms with Gasteiger partial charge in [-0.05, 0) is 58.2 Å². The van der Waals surface area contributed by atoms with Gasteiger partial charge in [-0.15, -0.1) is 0 Å². The summed E-state index contributed by atoms with van der Waals surface area (Å²) >= 11 is 0. The average molecular weight is 290 g/mol. The fourth-order valence-electron chi connectivity index (χ4n) is 3.87. The average Bonchev–Trinajstić information content (AvgIpc) is 2.89. The van der Waals surface area contributed by atoms with Crippen molar-refractivity contribution in [3.63, 3.8) is 0 Å². The first-order chi connectivity index (χ1) is 10.3.